The second-order valence-corrected chi connectivity index (χ2v) is 8.44. The van der Waals surface area contributed by atoms with Gasteiger partial charge in [0, 0.05) is 28.3 Å². The van der Waals surface area contributed by atoms with Crippen LogP contribution in [0.4, 0.5) is 17.1 Å². The molecular weight excluding hydrogens is 470 g/mol. The van der Waals surface area contributed by atoms with Gasteiger partial charge in [-0.05, 0) is 42.5 Å². The molecule has 0 aliphatic carbocycles. The fourth-order valence-electron chi connectivity index (χ4n) is 3.21. The highest BCUT2D eigenvalue weighted by Gasteiger charge is 2.26. The minimum atomic E-state index is -0.560. The zero-order valence-corrected chi connectivity index (χ0v) is 19.0. The van der Waals surface area contributed by atoms with Crippen LogP contribution in [0.5, 0.6) is 0 Å². The number of para-hydroxylation sites is 1. The molecule has 3 amide bonds. The Morgan fingerprint density at radius 1 is 1.00 bits per heavy atom. The van der Waals surface area contributed by atoms with Crippen LogP contribution < -0.4 is 15.6 Å². The maximum absolute atomic E-state index is 12.4. The van der Waals surface area contributed by atoms with Crippen molar-refractivity contribution in [1.29, 1.82) is 0 Å². The van der Waals surface area contributed by atoms with Crippen LogP contribution in [0.3, 0.4) is 0 Å². The molecule has 0 saturated carbocycles. The Balaban J connectivity index is 1.28. The van der Waals surface area contributed by atoms with E-state index in [0.29, 0.717) is 17.2 Å². The van der Waals surface area contributed by atoms with Gasteiger partial charge in [-0.15, -0.1) is 11.8 Å². The summed E-state index contributed by atoms with van der Waals surface area (Å²) < 4.78 is 0. The van der Waals surface area contributed by atoms with Crippen molar-refractivity contribution < 1.29 is 19.3 Å². The Morgan fingerprint density at radius 3 is 2.46 bits per heavy atom. The molecule has 0 atom stereocenters. The molecular formula is C24H19N5O5S. The number of amidine groups is 1. The molecule has 0 radical (unpaired) electrons. The van der Waals surface area contributed by atoms with Gasteiger partial charge in [0.25, 0.3) is 17.5 Å². The predicted molar refractivity (Wildman–Crippen MR) is 132 cm³/mol. The first kappa shape index (κ1) is 23.6. The molecule has 1 aliphatic heterocycles. The van der Waals surface area contributed by atoms with Crippen LogP contribution in [-0.4, -0.2) is 34.2 Å². The minimum Gasteiger partial charge on any atom is -0.322 e. The number of nitrogens with zero attached hydrogens (tertiary/aromatic N) is 3. The number of hydrogen-bond acceptors (Lipinski definition) is 7. The quantitative estimate of drug-likeness (QED) is 0.294. The number of amides is 3. The lowest BCUT2D eigenvalue weighted by Gasteiger charge is -2.10. The third-order valence-corrected chi connectivity index (χ3v) is 5.87. The fourth-order valence-corrected chi connectivity index (χ4v) is 3.91. The number of hydrogen-bond donors (Lipinski definition) is 2. The monoisotopic (exact) mass is 489 g/mol. The first-order valence-electron chi connectivity index (χ1n) is 10.4. The van der Waals surface area contributed by atoms with Crippen LogP contribution in [0.15, 0.2) is 88.9 Å². The van der Waals surface area contributed by atoms with Gasteiger partial charge in [-0.2, -0.15) is 10.1 Å². The Hall–Kier alpha value is -4.51. The van der Waals surface area contributed by atoms with E-state index < -0.39 is 10.8 Å². The maximum atomic E-state index is 12.4. The molecule has 1 heterocycles. The molecule has 0 saturated heterocycles. The van der Waals surface area contributed by atoms with Gasteiger partial charge >= 0.3 is 0 Å². The second-order valence-electron chi connectivity index (χ2n) is 7.39. The first-order valence-corrected chi connectivity index (χ1v) is 11.4. The van der Waals surface area contributed by atoms with Gasteiger partial charge in [-0.1, -0.05) is 24.3 Å². The van der Waals surface area contributed by atoms with Crippen LogP contribution in [0.25, 0.3) is 0 Å². The molecule has 10 nitrogen and oxygen atoms in total. The van der Waals surface area contributed by atoms with E-state index in [4.69, 9.17) is 0 Å². The first-order chi connectivity index (χ1) is 16.9. The normalized spacial score (nSPS) is 12.7. The molecule has 0 spiro atoms. The van der Waals surface area contributed by atoms with E-state index in [0.717, 1.165) is 4.90 Å². The minimum absolute atomic E-state index is 0.0181. The molecule has 35 heavy (non-hydrogen) atoms. The third kappa shape index (κ3) is 6.09. The van der Waals surface area contributed by atoms with Crippen molar-refractivity contribution in [3.8, 4) is 0 Å². The van der Waals surface area contributed by atoms with E-state index >= 15 is 0 Å². The standard InChI is InChI=1S/C24H19N5O5S/c30-22(26-21-14-23(31)28(27-21)18-6-2-1-3-7-18)15-35-20-11-9-17(10-12-20)25-24(32)16-5-4-8-19(13-16)29(33)34/h1-13H,14-15H2,(H,25,32)(H,26,27,30). The van der Waals surface area contributed by atoms with Gasteiger partial charge in [0.1, 0.15) is 5.84 Å². The molecule has 0 unspecified atom stereocenters. The number of rotatable bonds is 7. The highest BCUT2D eigenvalue weighted by molar-refractivity contribution is 8.00. The van der Waals surface area contributed by atoms with Crippen LogP contribution in [0.1, 0.15) is 16.8 Å². The van der Waals surface area contributed by atoms with E-state index in [1.807, 2.05) is 6.07 Å². The Morgan fingerprint density at radius 2 is 1.74 bits per heavy atom. The second kappa shape index (κ2) is 10.6. The number of hydrazone groups is 1. The summed E-state index contributed by atoms with van der Waals surface area (Å²) in [6.07, 6.45) is 0.0181. The van der Waals surface area contributed by atoms with E-state index in [1.165, 1.54) is 41.0 Å². The van der Waals surface area contributed by atoms with Crippen molar-refractivity contribution in [3.63, 3.8) is 0 Å². The molecule has 4 rings (SSSR count). The number of thioether (sulfide) groups is 1. The van der Waals surface area contributed by atoms with Crippen LogP contribution in [-0.2, 0) is 9.59 Å². The average molecular weight is 490 g/mol. The number of non-ortho nitro benzene ring substituents is 1. The summed E-state index contributed by atoms with van der Waals surface area (Å²) in [4.78, 5) is 48.0. The number of nitro groups is 1. The highest BCUT2D eigenvalue weighted by Crippen LogP contribution is 2.22. The SMILES string of the molecule is O=C(CSc1ccc(NC(=O)c2cccc([N+](=O)[O-])c2)cc1)NC1=NN(c2ccccc2)C(=O)C1. The topological polar surface area (TPSA) is 134 Å². The van der Waals surface area contributed by atoms with Crippen molar-refractivity contribution in [2.24, 2.45) is 5.10 Å². The van der Waals surface area contributed by atoms with E-state index in [-0.39, 0.29) is 35.2 Å². The van der Waals surface area contributed by atoms with Crippen LogP contribution in [0, 0.1) is 10.1 Å². The van der Waals surface area contributed by atoms with Gasteiger partial charge < -0.3 is 10.6 Å². The van der Waals surface area contributed by atoms with Crippen molar-refractivity contribution in [1.82, 2.24) is 5.32 Å². The van der Waals surface area contributed by atoms with Crippen molar-refractivity contribution in [3.05, 3.63) is 94.5 Å². The lowest BCUT2D eigenvalue weighted by molar-refractivity contribution is -0.384. The van der Waals surface area contributed by atoms with E-state index in [9.17, 15) is 24.5 Å². The molecule has 1 aliphatic rings. The molecule has 0 aromatic heterocycles. The van der Waals surface area contributed by atoms with Crippen molar-refractivity contribution in [2.75, 3.05) is 16.1 Å². The molecule has 0 bridgehead atoms. The molecule has 3 aromatic carbocycles. The number of nitro benzene ring substituents is 1. The zero-order valence-electron chi connectivity index (χ0n) is 18.2. The summed E-state index contributed by atoms with van der Waals surface area (Å²) in [5.41, 5.74) is 1.15. The van der Waals surface area contributed by atoms with Crippen molar-refractivity contribution in [2.45, 2.75) is 11.3 Å². The number of carbonyl (C=O) groups excluding carboxylic acids is 3. The van der Waals surface area contributed by atoms with Gasteiger partial charge in [0.15, 0.2) is 0 Å². The number of benzene rings is 3. The molecule has 176 valence electrons. The van der Waals surface area contributed by atoms with E-state index in [2.05, 4.69) is 15.7 Å². The summed E-state index contributed by atoms with van der Waals surface area (Å²) in [6.45, 7) is 0. The Bertz CT molecular complexity index is 1310. The summed E-state index contributed by atoms with van der Waals surface area (Å²) in [5.74, 6) is -0.576. The zero-order chi connectivity index (χ0) is 24.8. The smallest absolute Gasteiger partial charge is 0.270 e. The Labute approximate surface area is 204 Å². The van der Waals surface area contributed by atoms with E-state index in [1.54, 1.807) is 48.5 Å². The predicted octanol–water partition coefficient (Wildman–Crippen LogP) is 3.81. The molecule has 3 aromatic rings. The summed E-state index contributed by atoms with van der Waals surface area (Å²) in [5, 5.41) is 21.7. The maximum Gasteiger partial charge on any atom is 0.270 e. The summed E-state index contributed by atoms with van der Waals surface area (Å²) in [6, 6.07) is 21.3. The van der Waals surface area contributed by atoms with Crippen molar-refractivity contribution >= 4 is 52.4 Å². The van der Waals surface area contributed by atoms with Crippen LogP contribution >= 0.6 is 11.8 Å². The molecule has 2 N–H and O–H groups in total. The van der Waals surface area contributed by atoms with Gasteiger partial charge in [-0.25, -0.2) is 0 Å². The highest BCUT2D eigenvalue weighted by atomic mass is 32.2. The third-order valence-electron chi connectivity index (χ3n) is 4.86. The molecule has 11 heteroatoms. The average Bonchev–Trinajstić information content (AvgIpc) is 3.23. The van der Waals surface area contributed by atoms with Gasteiger partial charge in [0.05, 0.1) is 22.8 Å². The lowest BCUT2D eigenvalue weighted by Crippen LogP contribution is -2.31. The largest absolute Gasteiger partial charge is 0.322 e. The summed E-state index contributed by atoms with van der Waals surface area (Å²) >= 11 is 1.29. The number of carbonyl (C=O) groups is 3. The van der Waals surface area contributed by atoms with Gasteiger partial charge in [0.2, 0.25) is 5.91 Å². The number of nitrogens with one attached hydrogen (secondary N) is 2. The fraction of sp³-hybridized carbons (Fsp3) is 0.0833. The summed E-state index contributed by atoms with van der Waals surface area (Å²) in [7, 11) is 0. The van der Waals surface area contributed by atoms with Crippen LogP contribution in [0.2, 0.25) is 0 Å². The lowest BCUT2D eigenvalue weighted by atomic mass is 10.2. The van der Waals surface area contributed by atoms with Gasteiger partial charge in [-0.3, -0.25) is 24.5 Å². The molecule has 0 fully saturated rings. The Kier molecular flexibility index (Phi) is 7.17. The number of anilines is 2.